The van der Waals surface area contributed by atoms with Crippen molar-refractivity contribution in [2.24, 2.45) is 5.92 Å². The molecule has 0 aromatic heterocycles. The summed E-state index contributed by atoms with van der Waals surface area (Å²) in [6.45, 7) is 0.774. The van der Waals surface area contributed by atoms with Crippen molar-refractivity contribution in [3.63, 3.8) is 0 Å². The number of carboxylic acids is 1. The van der Waals surface area contributed by atoms with Crippen LogP contribution in [0.1, 0.15) is 19.3 Å². The molecule has 1 N–H and O–H groups in total. The quantitative estimate of drug-likeness (QED) is 0.674. The van der Waals surface area contributed by atoms with Crippen LogP contribution in [-0.4, -0.2) is 41.3 Å². The van der Waals surface area contributed by atoms with Crippen molar-refractivity contribution in [1.29, 1.82) is 0 Å². The summed E-state index contributed by atoms with van der Waals surface area (Å²) < 4.78 is 4.87. The van der Waals surface area contributed by atoms with Crippen molar-refractivity contribution in [2.45, 2.75) is 25.3 Å². The fourth-order valence-corrected chi connectivity index (χ4v) is 2.12. The van der Waals surface area contributed by atoms with E-state index in [1.807, 2.05) is 0 Å². The minimum atomic E-state index is -0.818. The molecule has 2 fully saturated rings. The molecule has 78 valence electrons. The molecule has 2 atom stereocenters. The molecule has 14 heavy (non-hydrogen) atoms. The monoisotopic (exact) mass is 199 g/mol. The molecule has 0 saturated carbocycles. The van der Waals surface area contributed by atoms with Gasteiger partial charge >= 0.3 is 12.1 Å². The highest BCUT2D eigenvalue weighted by Crippen LogP contribution is 2.27. The normalized spacial score (nSPS) is 32.0. The van der Waals surface area contributed by atoms with Gasteiger partial charge < -0.3 is 14.7 Å². The topological polar surface area (TPSA) is 66.8 Å². The minimum Gasteiger partial charge on any atom is -0.481 e. The number of rotatable bonds is 1. The number of piperidine rings is 1. The van der Waals surface area contributed by atoms with E-state index in [4.69, 9.17) is 9.84 Å². The molecule has 1 amide bonds. The molecule has 0 unspecified atom stereocenters. The fraction of sp³-hybridized carbons (Fsp3) is 0.778. The maximum Gasteiger partial charge on any atom is 0.410 e. The van der Waals surface area contributed by atoms with Gasteiger partial charge in [0.1, 0.15) is 0 Å². The molecule has 5 heteroatoms. The Bertz CT molecular complexity index is 266. The van der Waals surface area contributed by atoms with Crippen LogP contribution in [-0.2, 0) is 9.53 Å². The van der Waals surface area contributed by atoms with E-state index in [1.54, 1.807) is 4.90 Å². The second-order valence-corrected chi connectivity index (χ2v) is 3.82. The molecule has 2 saturated heterocycles. The van der Waals surface area contributed by atoms with E-state index in [0.29, 0.717) is 19.6 Å². The average Bonchev–Trinajstić information content (AvgIpc) is 2.18. The van der Waals surface area contributed by atoms with Crippen LogP contribution in [0.2, 0.25) is 0 Å². The van der Waals surface area contributed by atoms with Gasteiger partial charge in [0.25, 0.3) is 0 Å². The number of cyclic esters (lactones) is 1. The summed E-state index contributed by atoms with van der Waals surface area (Å²) in [5.41, 5.74) is 0. The van der Waals surface area contributed by atoms with E-state index < -0.39 is 11.9 Å². The van der Waals surface area contributed by atoms with Gasteiger partial charge in [-0.1, -0.05) is 0 Å². The van der Waals surface area contributed by atoms with Gasteiger partial charge in [0, 0.05) is 19.0 Å². The lowest BCUT2D eigenvalue weighted by molar-refractivity contribution is -0.144. The number of hydrogen-bond donors (Lipinski definition) is 1. The van der Waals surface area contributed by atoms with Gasteiger partial charge in [0.15, 0.2) is 0 Å². The standard InChI is InChI=1S/C9H13NO4/c11-8(12)6-1-2-7-3-4-14-9(13)10(7)5-6/h6-7H,1-5H2,(H,11,12)/t6-,7+/m1/s1. The molecule has 2 heterocycles. The third-order valence-corrected chi connectivity index (χ3v) is 2.97. The van der Waals surface area contributed by atoms with Gasteiger partial charge in [-0.25, -0.2) is 4.79 Å². The summed E-state index contributed by atoms with van der Waals surface area (Å²) in [4.78, 5) is 23.6. The molecular weight excluding hydrogens is 186 g/mol. The predicted octanol–water partition coefficient (Wildman–Crippen LogP) is 0.692. The van der Waals surface area contributed by atoms with Crippen LogP contribution < -0.4 is 0 Å². The lowest BCUT2D eigenvalue weighted by Crippen LogP contribution is -2.52. The van der Waals surface area contributed by atoms with Crippen molar-refractivity contribution in [3.05, 3.63) is 0 Å². The zero-order chi connectivity index (χ0) is 10.1. The number of hydrogen-bond acceptors (Lipinski definition) is 3. The predicted molar refractivity (Wildman–Crippen MR) is 46.8 cm³/mol. The van der Waals surface area contributed by atoms with Crippen LogP contribution in [0.4, 0.5) is 4.79 Å². The zero-order valence-corrected chi connectivity index (χ0v) is 7.81. The molecule has 0 spiro atoms. The van der Waals surface area contributed by atoms with Gasteiger partial charge in [-0.05, 0) is 12.8 Å². The van der Waals surface area contributed by atoms with Crippen LogP contribution >= 0.6 is 0 Å². The largest absolute Gasteiger partial charge is 0.481 e. The molecule has 0 aromatic carbocycles. The van der Waals surface area contributed by atoms with Gasteiger partial charge in [-0.3, -0.25) is 4.79 Å². The number of carbonyl (C=O) groups is 2. The Balaban J connectivity index is 2.05. The van der Waals surface area contributed by atoms with Gasteiger partial charge in [0.05, 0.1) is 12.5 Å². The smallest absolute Gasteiger partial charge is 0.410 e. The Labute approximate surface area is 81.6 Å². The number of amides is 1. The summed E-state index contributed by atoms with van der Waals surface area (Å²) in [6, 6.07) is 0.201. The summed E-state index contributed by atoms with van der Waals surface area (Å²) in [5, 5.41) is 8.84. The number of ether oxygens (including phenoxy) is 1. The number of carbonyl (C=O) groups excluding carboxylic acids is 1. The van der Waals surface area contributed by atoms with E-state index in [0.717, 1.165) is 12.8 Å². The van der Waals surface area contributed by atoms with Crippen LogP contribution in [0.25, 0.3) is 0 Å². The van der Waals surface area contributed by atoms with E-state index >= 15 is 0 Å². The first-order valence-electron chi connectivity index (χ1n) is 4.84. The zero-order valence-electron chi connectivity index (χ0n) is 7.81. The molecule has 0 radical (unpaired) electrons. The first kappa shape index (κ1) is 9.30. The highest BCUT2D eigenvalue weighted by atomic mass is 16.6. The van der Waals surface area contributed by atoms with E-state index in [9.17, 15) is 9.59 Å². The van der Waals surface area contributed by atoms with E-state index in [1.165, 1.54) is 0 Å². The fourth-order valence-electron chi connectivity index (χ4n) is 2.12. The third kappa shape index (κ3) is 1.54. The van der Waals surface area contributed by atoms with Crippen molar-refractivity contribution in [2.75, 3.05) is 13.2 Å². The molecule has 2 rings (SSSR count). The summed E-state index contributed by atoms with van der Waals surface area (Å²) in [7, 11) is 0. The van der Waals surface area contributed by atoms with Crippen molar-refractivity contribution < 1.29 is 19.4 Å². The number of nitrogens with zero attached hydrogens (tertiary/aromatic N) is 1. The van der Waals surface area contributed by atoms with Gasteiger partial charge in [0.2, 0.25) is 0 Å². The summed E-state index contributed by atoms with van der Waals surface area (Å²) in [6.07, 6.45) is 1.93. The Morgan fingerprint density at radius 3 is 2.93 bits per heavy atom. The maximum absolute atomic E-state index is 11.3. The molecular formula is C9H13NO4. The lowest BCUT2D eigenvalue weighted by Gasteiger charge is -2.40. The van der Waals surface area contributed by atoms with Crippen molar-refractivity contribution in [1.82, 2.24) is 4.90 Å². The third-order valence-electron chi connectivity index (χ3n) is 2.97. The Morgan fingerprint density at radius 2 is 2.21 bits per heavy atom. The van der Waals surface area contributed by atoms with Gasteiger partial charge in [-0.15, -0.1) is 0 Å². The average molecular weight is 199 g/mol. The first-order chi connectivity index (χ1) is 6.68. The maximum atomic E-state index is 11.3. The molecule has 5 nitrogen and oxygen atoms in total. The summed E-state index contributed by atoms with van der Waals surface area (Å²) >= 11 is 0. The molecule has 0 aromatic rings. The second-order valence-electron chi connectivity index (χ2n) is 3.82. The van der Waals surface area contributed by atoms with Crippen LogP contribution in [0.5, 0.6) is 0 Å². The molecule has 0 bridgehead atoms. The van der Waals surface area contributed by atoms with Crippen molar-refractivity contribution >= 4 is 12.1 Å². The first-order valence-corrected chi connectivity index (χ1v) is 4.84. The lowest BCUT2D eigenvalue weighted by atomic mass is 9.91. The van der Waals surface area contributed by atoms with Crippen LogP contribution in [0.3, 0.4) is 0 Å². The number of carboxylic acid groups (broad SMARTS) is 1. The van der Waals surface area contributed by atoms with E-state index in [2.05, 4.69) is 0 Å². The van der Waals surface area contributed by atoms with Crippen molar-refractivity contribution in [3.8, 4) is 0 Å². The Hall–Kier alpha value is -1.26. The Kier molecular flexibility index (Phi) is 2.31. The number of fused-ring (bicyclic) bond motifs is 1. The van der Waals surface area contributed by atoms with E-state index in [-0.39, 0.29) is 12.1 Å². The Morgan fingerprint density at radius 1 is 1.43 bits per heavy atom. The molecule has 0 aliphatic carbocycles. The minimum absolute atomic E-state index is 0.201. The van der Waals surface area contributed by atoms with Crippen LogP contribution in [0, 0.1) is 5.92 Å². The summed E-state index contributed by atoms with van der Waals surface area (Å²) in [5.74, 6) is -1.24. The second kappa shape index (κ2) is 3.48. The highest BCUT2D eigenvalue weighted by molar-refractivity contribution is 5.73. The van der Waals surface area contributed by atoms with Crippen LogP contribution in [0.15, 0.2) is 0 Å². The SMILES string of the molecule is O=C(O)[C@@H]1CC[C@H]2CCOC(=O)N2C1. The molecule has 2 aliphatic rings. The molecule has 2 aliphatic heterocycles. The highest BCUT2D eigenvalue weighted by Gasteiger charge is 2.37. The number of aliphatic carboxylic acids is 1. The van der Waals surface area contributed by atoms with Gasteiger partial charge in [-0.2, -0.15) is 0 Å².